The minimum Gasteiger partial charge on any atom is -0.497 e. The van der Waals surface area contributed by atoms with Gasteiger partial charge in [0.2, 0.25) is 0 Å². The number of rotatable bonds is 12. The van der Waals surface area contributed by atoms with Crippen LogP contribution in [0.3, 0.4) is 0 Å². The quantitative estimate of drug-likeness (QED) is 0.117. The summed E-state index contributed by atoms with van der Waals surface area (Å²) >= 11 is 0. The van der Waals surface area contributed by atoms with Crippen molar-refractivity contribution < 1.29 is 9.47 Å². The predicted molar refractivity (Wildman–Crippen MR) is 237 cm³/mol. The molecule has 0 heterocycles. The van der Waals surface area contributed by atoms with Crippen molar-refractivity contribution in [1.29, 1.82) is 0 Å². The van der Waals surface area contributed by atoms with Crippen LogP contribution in [0.5, 0.6) is 11.5 Å². The molecule has 56 heavy (non-hydrogen) atoms. The van der Waals surface area contributed by atoms with E-state index in [1.165, 1.54) is 21.9 Å². The van der Waals surface area contributed by atoms with E-state index >= 15 is 0 Å². The van der Waals surface area contributed by atoms with Gasteiger partial charge in [0.25, 0.3) is 0 Å². The second-order valence-corrected chi connectivity index (χ2v) is 13.4. The fraction of sp³-hybridized carbons (Fsp3) is 0.0385. The van der Waals surface area contributed by atoms with Gasteiger partial charge >= 0.3 is 0 Å². The molecule has 0 bridgehead atoms. The Morgan fingerprint density at radius 2 is 0.607 bits per heavy atom. The summed E-state index contributed by atoms with van der Waals surface area (Å²) in [4.78, 5) is 4.51. The number of benzene rings is 8. The second-order valence-electron chi connectivity index (χ2n) is 13.4. The Kier molecular flexibility index (Phi) is 10.7. The van der Waals surface area contributed by atoms with Gasteiger partial charge < -0.3 is 19.3 Å². The summed E-state index contributed by atoms with van der Waals surface area (Å²) in [6, 6.07) is 67.6. The first-order valence-corrected chi connectivity index (χ1v) is 18.7. The Labute approximate surface area is 329 Å². The van der Waals surface area contributed by atoms with E-state index in [2.05, 4.69) is 192 Å². The molecular formula is C52H42N2O2. The van der Waals surface area contributed by atoms with Crippen molar-refractivity contribution in [3.63, 3.8) is 0 Å². The summed E-state index contributed by atoms with van der Waals surface area (Å²) in [7, 11) is 3.38. The molecule has 0 aliphatic rings. The van der Waals surface area contributed by atoms with E-state index in [0.29, 0.717) is 0 Å². The molecule has 0 saturated heterocycles. The van der Waals surface area contributed by atoms with Crippen LogP contribution in [0, 0.1) is 0 Å². The molecule has 0 radical (unpaired) electrons. The van der Waals surface area contributed by atoms with Crippen molar-refractivity contribution in [2.24, 2.45) is 0 Å². The zero-order chi connectivity index (χ0) is 38.1. The predicted octanol–water partition coefficient (Wildman–Crippen LogP) is 14.1. The van der Waals surface area contributed by atoms with Crippen LogP contribution in [0.4, 0.5) is 34.1 Å². The molecule has 0 amide bonds. The van der Waals surface area contributed by atoms with Crippen LogP contribution in [0.15, 0.2) is 194 Å². The van der Waals surface area contributed by atoms with E-state index in [9.17, 15) is 0 Å². The normalized spacial score (nSPS) is 11.2. The molecule has 0 aliphatic carbocycles. The molecule has 0 unspecified atom stereocenters. The van der Waals surface area contributed by atoms with Gasteiger partial charge in [0, 0.05) is 34.1 Å². The Bertz CT molecular complexity index is 2380. The molecule has 4 nitrogen and oxygen atoms in total. The van der Waals surface area contributed by atoms with Gasteiger partial charge in [-0.1, -0.05) is 121 Å². The smallest absolute Gasteiger partial charge is 0.119 e. The van der Waals surface area contributed by atoms with Gasteiger partial charge in [-0.25, -0.2) is 0 Å². The Hall–Kier alpha value is -7.30. The largest absolute Gasteiger partial charge is 0.497 e. The topological polar surface area (TPSA) is 24.9 Å². The average Bonchev–Trinajstić information content (AvgIpc) is 3.27. The summed E-state index contributed by atoms with van der Waals surface area (Å²) in [6.07, 6.45) is 8.80. The third kappa shape index (κ3) is 7.96. The highest BCUT2D eigenvalue weighted by Crippen LogP contribution is 2.37. The molecule has 0 aromatic heterocycles. The van der Waals surface area contributed by atoms with Crippen LogP contribution in [-0.4, -0.2) is 14.2 Å². The van der Waals surface area contributed by atoms with Crippen LogP contribution in [0.25, 0.3) is 35.1 Å². The second kappa shape index (κ2) is 16.8. The Morgan fingerprint density at radius 3 is 0.946 bits per heavy atom. The van der Waals surface area contributed by atoms with Crippen molar-refractivity contribution in [2.75, 3.05) is 24.0 Å². The average molecular weight is 727 g/mol. The van der Waals surface area contributed by atoms with Gasteiger partial charge in [0.15, 0.2) is 0 Å². The summed E-state index contributed by atoms with van der Waals surface area (Å²) in [5.41, 5.74) is 11.1. The maximum atomic E-state index is 5.41. The van der Waals surface area contributed by atoms with Gasteiger partial charge in [0.05, 0.1) is 14.2 Å². The van der Waals surface area contributed by atoms with Crippen LogP contribution in [0.2, 0.25) is 0 Å². The van der Waals surface area contributed by atoms with Crippen molar-refractivity contribution in [3.8, 4) is 11.5 Å². The van der Waals surface area contributed by atoms with Crippen LogP contribution in [0.1, 0.15) is 22.3 Å². The van der Waals surface area contributed by atoms with Gasteiger partial charge in [-0.3, -0.25) is 0 Å². The van der Waals surface area contributed by atoms with Crippen LogP contribution >= 0.6 is 0 Å². The Morgan fingerprint density at radius 1 is 0.304 bits per heavy atom. The first kappa shape index (κ1) is 35.7. The highest BCUT2D eigenvalue weighted by Gasteiger charge is 2.14. The maximum absolute atomic E-state index is 5.41. The number of nitrogens with zero attached hydrogens (tertiary/aromatic N) is 2. The number of methoxy groups -OCH3 is 2. The van der Waals surface area contributed by atoms with Crippen molar-refractivity contribution in [2.45, 2.75) is 0 Å². The standard InChI is InChI=1S/C52H42N2O2/c1-55-49-35-31-47(32-36-49)53(43-11-5-3-6-12-43)45-27-19-39(20-28-45)17-23-41-25-26-42(52-16-10-9-15-51(41)52)24-18-40-21-29-46(30-22-40)54(44-13-7-4-8-14-44)48-33-37-50(56-2)38-34-48/h3-38H,1-2H3/b23-17+,24-18+. The van der Waals surface area contributed by atoms with E-state index in [-0.39, 0.29) is 0 Å². The lowest BCUT2D eigenvalue weighted by molar-refractivity contribution is 0.414. The van der Waals surface area contributed by atoms with Crippen molar-refractivity contribution >= 4 is 69.2 Å². The molecule has 0 fully saturated rings. The Balaban J connectivity index is 1.02. The lowest BCUT2D eigenvalue weighted by Gasteiger charge is -2.25. The molecule has 272 valence electrons. The summed E-state index contributed by atoms with van der Waals surface area (Å²) in [5.74, 6) is 1.67. The fourth-order valence-electron chi connectivity index (χ4n) is 6.99. The number of hydrogen-bond acceptors (Lipinski definition) is 4. The lowest BCUT2D eigenvalue weighted by atomic mass is 9.98. The van der Waals surface area contributed by atoms with Gasteiger partial charge in [-0.05, 0) is 130 Å². The number of fused-ring (bicyclic) bond motifs is 1. The highest BCUT2D eigenvalue weighted by molar-refractivity contribution is 5.99. The minimum absolute atomic E-state index is 0.835. The van der Waals surface area contributed by atoms with Gasteiger partial charge in [0.1, 0.15) is 11.5 Å². The van der Waals surface area contributed by atoms with Gasteiger partial charge in [-0.15, -0.1) is 0 Å². The van der Waals surface area contributed by atoms with E-state index in [1.54, 1.807) is 14.2 Å². The molecule has 0 spiro atoms. The van der Waals surface area contributed by atoms with Crippen LogP contribution < -0.4 is 19.3 Å². The molecule has 8 aromatic carbocycles. The number of anilines is 6. The molecule has 4 heteroatoms. The fourth-order valence-corrected chi connectivity index (χ4v) is 6.99. The molecule has 0 saturated carbocycles. The minimum atomic E-state index is 0.835. The van der Waals surface area contributed by atoms with Crippen molar-refractivity contribution in [3.05, 3.63) is 216 Å². The molecular weight excluding hydrogens is 685 g/mol. The summed E-state index contributed by atoms with van der Waals surface area (Å²) < 4.78 is 10.8. The van der Waals surface area contributed by atoms with Gasteiger partial charge in [-0.2, -0.15) is 0 Å². The number of hydrogen-bond donors (Lipinski definition) is 0. The van der Waals surface area contributed by atoms with E-state index in [1.807, 2.05) is 36.4 Å². The summed E-state index contributed by atoms with van der Waals surface area (Å²) in [6.45, 7) is 0. The SMILES string of the molecule is COc1ccc(N(c2ccccc2)c2ccc(/C=C/c3ccc(/C=C/c4ccc(N(c5ccccc5)c5ccc(OC)cc5)cc4)c4ccccc34)cc2)cc1. The molecule has 0 N–H and O–H groups in total. The van der Waals surface area contributed by atoms with E-state index in [4.69, 9.17) is 9.47 Å². The van der Waals surface area contributed by atoms with E-state index < -0.39 is 0 Å². The zero-order valence-electron chi connectivity index (χ0n) is 31.5. The molecule has 0 aliphatic heterocycles. The molecule has 8 rings (SSSR count). The van der Waals surface area contributed by atoms with Crippen molar-refractivity contribution in [1.82, 2.24) is 0 Å². The number of para-hydroxylation sites is 2. The maximum Gasteiger partial charge on any atom is 0.119 e. The monoisotopic (exact) mass is 726 g/mol. The highest BCUT2D eigenvalue weighted by atomic mass is 16.5. The lowest BCUT2D eigenvalue weighted by Crippen LogP contribution is -2.09. The first-order valence-electron chi connectivity index (χ1n) is 18.7. The number of ether oxygens (including phenoxy) is 2. The van der Waals surface area contributed by atoms with Crippen LogP contribution in [-0.2, 0) is 0 Å². The third-order valence-corrected chi connectivity index (χ3v) is 9.89. The zero-order valence-corrected chi connectivity index (χ0v) is 31.5. The summed E-state index contributed by atoms with van der Waals surface area (Å²) in [5, 5.41) is 2.43. The molecule has 8 aromatic rings. The third-order valence-electron chi connectivity index (χ3n) is 9.89. The van der Waals surface area contributed by atoms with E-state index in [0.717, 1.165) is 56.8 Å². The molecule has 0 atom stereocenters. The first-order chi connectivity index (χ1) is 27.7.